The number of nitrogens with zero attached hydrogens (tertiary/aromatic N) is 2. The monoisotopic (exact) mass is 233 g/mol. The van der Waals surface area contributed by atoms with Crippen LogP contribution in [0.2, 0.25) is 5.15 Å². The minimum absolute atomic E-state index is 0.449. The van der Waals surface area contributed by atoms with Crippen LogP contribution in [0.15, 0.2) is 36.4 Å². The van der Waals surface area contributed by atoms with Crippen LogP contribution in [0.3, 0.4) is 0 Å². The molecule has 4 heteroatoms. The fraction of sp³-hybridized carbons (Fsp3) is 0.167. The molecule has 0 fully saturated rings. The third-order valence-corrected chi connectivity index (χ3v) is 2.29. The minimum Gasteiger partial charge on any atom is -0.354 e. The Balaban J connectivity index is 2.41. The highest BCUT2D eigenvalue weighted by molar-refractivity contribution is 6.29. The van der Waals surface area contributed by atoms with E-state index in [-0.39, 0.29) is 0 Å². The van der Waals surface area contributed by atoms with Gasteiger partial charge < -0.3 is 5.32 Å². The van der Waals surface area contributed by atoms with Crippen LogP contribution >= 0.6 is 11.6 Å². The van der Waals surface area contributed by atoms with E-state index < -0.39 is 0 Å². The van der Waals surface area contributed by atoms with Gasteiger partial charge in [-0.1, -0.05) is 41.9 Å². The van der Waals surface area contributed by atoms with Gasteiger partial charge in [-0.2, -0.15) is 0 Å². The fourth-order valence-electron chi connectivity index (χ4n) is 1.41. The van der Waals surface area contributed by atoms with E-state index in [0.29, 0.717) is 11.1 Å². The maximum Gasteiger partial charge on any atom is 0.224 e. The number of rotatable bonds is 3. The zero-order chi connectivity index (χ0) is 11.4. The molecule has 0 aliphatic heterocycles. The Bertz CT molecular complexity index is 471. The molecule has 16 heavy (non-hydrogen) atoms. The topological polar surface area (TPSA) is 37.8 Å². The van der Waals surface area contributed by atoms with Crippen molar-refractivity contribution in [2.24, 2.45) is 0 Å². The third kappa shape index (κ3) is 2.49. The maximum absolute atomic E-state index is 5.94. The van der Waals surface area contributed by atoms with Gasteiger partial charge in [0.05, 0.1) is 5.69 Å². The summed E-state index contributed by atoms with van der Waals surface area (Å²) in [4.78, 5) is 8.48. The van der Waals surface area contributed by atoms with Gasteiger partial charge in [-0.15, -0.1) is 0 Å². The van der Waals surface area contributed by atoms with E-state index in [1.807, 2.05) is 37.3 Å². The molecule has 0 amide bonds. The first-order valence-electron chi connectivity index (χ1n) is 5.13. The predicted octanol–water partition coefficient (Wildman–Crippen LogP) is 3.23. The van der Waals surface area contributed by atoms with Crippen LogP contribution in [0.25, 0.3) is 11.3 Å². The second-order valence-electron chi connectivity index (χ2n) is 3.30. The van der Waals surface area contributed by atoms with Crippen molar-refractivity contribution in [1.82, 2.24) is 9.97 Å². The van der Waals surface area contributed by atoms with Crippen molar-refractivity contribution < 1.29 is 0 Å². The minimum atomic E-state index is 0.449. The molecule has 1 aromatic carbocycles. The van der Waals surface area contributed by atoms with Crippen molar-refractivity contribution in [2.45, 2.75) is 6.92 Å². The molecular weight excluding hydrogens is 222 g/mol. The first-order valence-corrected chi connectivity index (χ1v) is 5.51. The van der Waals surface area contributed by atoms with Gasteiger partial charge in [0.25, 0.3) is 0 Å². The Kier molecular flexibility index (Phi) is 3.37. The van der Waals surface area contributed by atoms with Crippen LogP contribution < -0.4 is 5.32 Å². The highest BCUT2D eigenvalue weighted by atomic mass is 35.5. The zero-order valence-corrected chi connectivity index (χ0v) is 9.70. The Morgan fingerprint density at radius 1 is 1.19 bits per heavy atom. The lowest BCUT2D eigenvalue weighted by molar-refractivity contribution is 1.09. The van der Waals surface area contributed by atoms with Crippen molar-refractivity contribution in [1.29, 1.82) is 0 Å². The molecular formula is C12H12ClN3. The van der Waals surface area contributed by atoms with E-state index in [0.717, 1.165) is 17.8 Å². The second kappa shape index (κ2) is 4.94. The molecule has 82 valence electrons. The van der Waals surface area contributed by atoms with Gasteiger partial charge in [-0.3, -0.25) is 0 Å². The summed E-state index contributed by atoms with van der Waals surface area (Å²) in [7, 11) is 0. The third-order valence-electron chi connectivity index (χ3n) is 2.10. The quantitative estimate of drug-likeness (QED) is 0.828. The van der Waals surface area contributed by atoms with Gasteiger partial charge in [-0.25, -0.2) is 9.97 Å². The first kappa shape index (κ1) is 10.9. The van der Waals surface area contributed by atoms with Crippen LogP contribution in [0, 0.1) is 0 Å². The number of hydrogen-bond donors (Lipinski definition) is 1. The average Bonchev–Trinajstić information content (AvgIpc) is 2.30. The number of aromatic nitrogens is 2. The van der Waals surface area contributed by atoms with Crippen molar-refractivity contribution in [3.8, 4) is 11.3 Å². The van der Waals surface area contributed by atoms with Gasteiger partial charge in [0.2, 0.25) is 5.95 Å². The molecule has 1 heterocycles. The van der Waals surface area contributed by atoms with Crippen LogP contribution in [-0.4, -0.2) is 16.5 Å². The molecule has 0 spiro atoms. The summed E-state index contributed by atoms with van der Waals surface area (Å²) in [6.45, 7) is 2.76. The number of hydrogen-bond acceptors (Lipinski definition) is 3. The molecule has 0 saturated carbocycles. The van der Waals surface area contributed by atoms with Crippen molar-refractivity contribution in [3.05, 3.63) is 41.6 Å². The molecule has 2 aromatic rings. The smallest absolute Gasteiger partial charge is 0.224 e. The molecule has 0 saturated heterocycles. The summed E-state index contributed by atoms with van der Waals surface area (Å²) in [5, 5.41) is 3.50. The second-order valence-corrected chi connectivity index (χ2v) is 3.68. The summed E-state index contributed by atoms with van der Waals surface area (Å²) in [5.41, 5.74) is 1.86. The largest absolute Gasteiger partial charge is 0.354 e. The lowest BCUT2D eigenvalue weighted by Gasteiger charge is -2.05. The summed E-state index contributed by atoms with van der Waals surface area (Å²) in [6.07, 6.45) is 0. The molecule has 2 rings (SSSR count). The highest BCUT2D eigenvalue weighted by Crippen LogP contribution is 2.20. The molecule has 1 N–H and O–H groups in total. The van der Waals surface area contributed by atoms with Gasteiger partial charge in [0.15, 0.2) is 0 Å². The Morgan fingerprint density at radius 3 is 2.62 bits per heavy atom. The Hall–Kier alpha value is -1.61. The average molecular weight is 234 g/mol. The molecule has 0 radical (unpaired) electrons. The van der Waals surface area contributed by atoms with Crippen LogP contribution in [0.4, 0.5) is 5.95 Å². The fourth-order valence-corrected chi connectivity index (χ4v) is 1.60. The molecule has 0 aliphatic carbocycles. The van der Waals surface area contributed by atoms with Crippen molar-refractivity contribution in [2.75, 3.05) is 11.9 Å². The number of anilines is 1. The van der Waals surface area contributed by atoms with E-state index in [1.54, 1.807) is 6.07 Å². The number of benzene rings is 1. The summed E-state index contributed by atoms with van der Waals surface area (Å²) >= 11 is 5.94. The lowest BCUT2D eigenvalue weighted by atomic mass is 10.1. The van der Waals surface area contributed by atoms with Gasteiger partial charge >= 0.3 is 0 Å². The van der Waals surface area contributed by atoms with Gasteiger partial charge in [0, 0.05) is 18.2 Å². The van der Waals surface area contributed by atoms with Gasteiger partial charge in [0.1, 0.15) is 5.15 Å². The lowest BCUT2D eigenvalue weighted by Crippen LogP contribution is -2.02. The van der Waals surface area contributed by atoms with Crippen molar-refractivity contribution in [3.63, 3.8) is 0 Å². The van der Waals surface area contributed by atoms with Crippen LogP contribution in [0.5, 0.6) is 0 Å². The van der Waals surface area contributed by atoms with Crippen LogP contribution in [0.1, 0.15) is 6.92 Å². The van der Waals surface area contributed by atoms with E-state index in [2.05, 4.69) is 15.3 Å². The zero-order valence-electron chi connectivity index (χ0n) is 8.94. The Labute approximate surface area is 99.5 Å². The maximum atomic E-state index is 5.94. The van der Waals surface area contributed by atoms with Gasteiger partial charge in [-0.05, 0) is 6.92 Å². The molecule has 0 unspecified atom stereocenters. The molecule has 0 bridgehead atoms. The highest BCUT2D eigenvalue weighted by Gasteiger charge is 2.04. The van der Waals surface area contributed by atoms with E-state index in [4.69, 9.17) is 11.6 Å². The van der Waals surface area contributed by atoms with E-state index in [9.17, 15) is 0 Å². The normalized spacial score (nSPS) is 10.1. The number of halogens is 1. The van der Waals surface area contributed by atoms with Crippen molar-refractivity contribution >= 4 is 17.5 Å². The molecule has 0 aliphatic rings. The van der Waals surface area contributed by atoms with Crippen LogP contribution in [-0.2, 0) is 0 Å². The van der Waals surface area contributed by atoms with E-state index >= 15 is 0 Å². The first-order chi connectivity index (χ1) is 7.79. The summed E-state index contributed by atoms with van der Waals surface area (Å²) < 4.78 is 0. The standard InChI is InChI=1S/C12H12ClN3/c1-2-14-12-15-10(8-11(13)16-12)9-6-4-3-5-7-9/h3-8H,2H2,1H3,(H,14,15,16). The predicted molar refractivity (Wildman–Crippen MR) is 66.6 cm³/mol. The van der Waals surface area contributed by atoms with E-state index in [1.165, 1.54) is 0 Å². The SMILES string of the molecule is CCNc1nc(Cl)cc(-c2ccccc2)n1. The molecule has 3 nitrogen and oxygen atoms in total. The Morgan fingerprint density at radius 2 is 1.94 bits per heavy atom. The number of nitrogens with one attached hydrogen (secondary N) is 1. The molecule has 0 atom stereocenters. The summed E-state index contributed by atoms with van der Waals surface area (Å²) in [6, 6.07) is 11.7. The molecule has 1 aromatic heterocycles. The summed E-state index contributed by atoms with van der Waals surface area (Å²) in [5.74, 6) is 0.564.